The van der Waals surface area contributed by atoms with Gasteiger partial charge in [-0.25, -0.2) is 4.79 Å². The topological polar surface area (TPSA) is 65.2 Å². The number of carbonyl (C=O) groups excluding carboxylic acids is 1. The second-order valence-corrected chi connectivity index (χ2v) is 3.13. The maximum absolute atomic E-state index is 11.4. The Morgan fingerprint density at radius 3 is 3.00 bits per heavy atom. The van der Waals surface area contributed by atoms with Crippen molar-refractivity contribution in [3.05, 3.63) is 36.0 Å². The SMILES string of the molecule is COC(=O)c1cccc2ncc(N)cc12. The maximum atomic E-state index is 11.4. The average Bonchev–Trinajstić information content (AvgIpc) is 2.27. The highest BCUT2D eigenvalue weighted by Gasteiger charge is 2.10. The van der Waals surface area contributed by atoms with E-state index in [4.69, 9.17) is 5.73 Å². The first kappa shape index (κ1) is 9.45. The molecule has 0 aliphatic heterocycles. The molecular formula is C11H10N2O2. The highest BCUT2D eigenvalue weighted by molar-refractivity contribution is 6.04. The number of ether oxygens (including phenoxy) is 1. The second kappa shape index (κ2) is 3.57. The van der Waals surface area contributed by atoms with Gasteiger partial charge in [-0.05, 0) is 18.2 Å². The number of nitrogens with two attached hydrogens (primary N) is 1. The lowest BCUT2D eigenvalue weighted by Gasteiger charge is -2.04. The minimum Gasteiger partial charge on any atom is -0.465 e. The Hall–Kier alpha value is -2.10. The smallest absolute Gasteiger partial charge is 0.338 e. The molecule has 0 radical (unpaired) electrons. The fraction of sp³-hybridized carbons (Fsp3) is 0.0909. The molecule has 1 heterocycles. The highest BCUT2D eigenvalue weighted by Crippen LogP contribution is 2.19. The van der Waals surface area contributed by atoms with Gasteiger partial charge in [-0.15, -0.1) is 0 Å². The first-order chi connectivity index (χ1) is 7.22. The number of nitrogens with zero attached hydrogens (tertiary/aromatic N) is 1. The van der Waals surface area contributed by atoms with Crippen molar-refractivity contribution >= 4 is 22.6 Å². The fourth-order valence-electron chi connectivity index (χ4n) is 1.45. The van der Waals surface area contributed by atoms with Crippen LogP contribution in [0.1, 0.15) is 10.4 Å². The third-order valence-electron chi connectivity index (χ3n) is 2.15. The predicted octanol–water partition coefficient (Wildman–Crippen LogP) is 1.60. The van der Waals surface area contributed by atoms with Crippen molar-refractivity contribution in [1.82, 2.24) is 4.98 Å². The van der Waals surface area contributed by atoms with Gasteiger partial charge in [0.05, 0.1) is 30.1 Å². The summed E-state index contributed by atoms with van der Waals surface area (Å²) in [6.45, 7) is 0. The van der Waals surface area contributed by atoms with Crippen LogP contribution in [-0.4, -0.2) is 18.1 Å². The van der Waals surface area contributed by atoms with Crippen LogP contribution < -0.4 is 5.73 Å². The molecule has 0 atom stereocenters. The lowest BCUT2D eigenvalue weighted by molar-refractivity contribution is 0.0603. The molecule has 0 fully saturated rings. The zero-order valence-electron chi connectivity index (χ0n) is 8.23. The van der Waals surface area contributed by atoms with Crippen molar-refractivity contribution in [1.29, 1.82) is 0 Å². The molecule has 15 heavy (non-hydrogen) atoms. The van der Waals surface area contributed by atoms with E-state index in [-0.39, 0.29) is 5.97 Å². The Kier molecular flexibility index (Phi) is 2.25. The summed E-state index contributed by atoms with van der Waals surface area (Å²) in [4.78, 5) is 15.6. The Morgan fingerprint density at radius 1 is 1.47 bits per heavy atom. The number of anilines is 1. The van der Waals surface area contributed by atoms with Gasteiger partial charge >= 0.3 is 5.97 Å². The monoisotopic (exact) mass is 202 g/mol. The number of rotatable bonds is 1. The number of hydrogen-bond donors (Lipinski definition) is 1. The Labute approximate surface area is 86.7 Å². The summed E-state index contributed by atoms with van der Waals surface area (Å²) in [7, 11) is 1.35. The number of hydrogen-bond acceptors (Lipinski definition) is 4. The first-order valence-corrected chi connectivity index (χ1v) is 4.45. The third-order valence-corrected chi connectivity index (χ3v) is 2.15. The molecule has 0 aliphatic carbocycles. The molecule has 4 nitrogen and oxygen atoms in total. The van der Waals surface area contributed by atoms with Gasteiger partial charge in [0.25, 0.3) is 0 Å². The molecule has 0 amide bonds. The van der Waals surface area contributed by atoms with Gasteiger partial charge in [-0.1, -0.05) is 6.07 Å². The van der Waals surface area contributed by atoms with Gasteiger partial charge in [0.15, 0.2) is 0 Å². The molecule has 2 N–H and O–H groups in total. The summed E-state index contributed by atoms with van der Waals surface area (Å²) in [6.07, 6.45) is 1.56. The van der Waals surface area contributed by atoms with E-state index in [1.54, 1.807) is 24.4 Å². The summed E-state index contributed by atoms with van der Waals surface area (Å²) < 4.78 is 4.68. The van der Waals surface area contributed by atoms with Crippen LogP contribution in [0.4, 0.5) is 5.69 Å². The summed E-state index contributed by atoms with van der Waals surface area (Å²) in [5.41, 5.74) is 7.36. The third kappa shape index (κ3) is 1.61. The van der Waals surface area contributed by atoms with Crippen LogP contribution in [0.25, 0.3) is 10.9 Å². The number of fused-ring (bicyclic) bond motifs is 1. The van der Waals surface area contributed by atoms with E-state index in [2.05, 4.69) is 9.72 Å². The Bertz CT molecular complexity index is 523. The van der Waals surface area contributed by atoms with E-state index in [9.17, 15) is 4.79 Å². The van der Waals surface area contributed by atoms with Crippen molar-refractivity contribution in [3.63, 3.8) is 0 Å². The lowest BCUT2D eigenvalue weighted by Crippen LogP contribution is -2.02. The summed E-state index contributed by atoms with van der Waals surface area (Å²) >= 11 is 0. The number of carbonyl (C=O) groups is 1. The Balaban J connectivity index is 2.74. The predicted molar refractivity (Wildman–Crippen MR) is 57.5 cm³/mol. The number of aromatic nitrogens is 1. The molecule has 2 rings (SSSR count). The quantitative estimate of drug-likeness (QED) is 0.713. The first-order valence-electron chi connectivity index (χ1n) is 4.45. The zero-order chi connectivity index (χ0) is 10.8. The van der Waals surface area contributed by atoms with Crippen LogP contribution in [-0.2, 0) is 4.74 Å². The van der Waals surface area contributed by atoms with Crippen molar-refractivity contribution in [2.24, 2.45) is 0 Å². The highest BCUT2D eigenvalue weighted by atomic mass is 16.5. The molecule has 1 aromatic heterocycles. The summed E-state index contributed by atoms with van der Waals surface area (Å²) in [6, 6.07) is 6.99. The van der Waals surface area contributed by atoms with Crippen LogP contribution >= 0.6 is 0 Å². The molecule has 0 saturated carbocycles. The normalized spacial score (nSPS) is 10.2. The van der Waals surface area contributed by atoms with E-state index in [0.29, 0.717) is 16.6 Å². The maximum Gasteiger partial charge on any atom is 0.338 e. The number of esters is 1. The van der Waals surface area contributed by atoms with Crippen molar-refractivity contribution < 1.29 is 9.53 Å². The standard InChI is InChI=1S/C11H10N2O2/c1-15-11(14)8-3-2-4-10-9(8)5-7(12)6-13-10/h2-6H,12H2,1H3. The number of methoxy groups -OCH3 is 1. The second-order valence-electron chi connectivity index (χ2n) is 3.13. The van der Waals surface area contributed by atoms with Gasteiger partial charge in [-0.2, -0.15) is 0 Å². The van der Waals surface area contributed by atoms with Crippen LogP contribution in [0.5, 0.6) is 0 Å². The van der Waals surface area contributed by atoms with Gasteiger partial charge in [-0.3, -0.25) is 4.98 Å². The van der Waals surface area contributed by atoms with Gasteiger partial charge in [0.2, 0.25) is 0 Å². The number of nitrogen functional groups attached to an aromatic ring is 1. The van der Waals surface area contributed by atoms with Gasteiger partial charge in [0.1, 0.15) is 0 Å². The van der Waals surface area contributed by atoms with Gasteiger partial charge in [0, 0.05) is 5.39 Å². The molecule has 2 aromatic rings. The minimum absolute atomic E-state index is 0.381. The van der Waals surface area contributed by atoms with E-state index in [0.717, 1.165) is 5.52 Å². The molecule has 0 spiro atoms. The van der Waals surface area contributed by atoms with Crippen LogP contribution in [0.15, 0.2) is 30.5 Å². The van der Waals surface area contributed by atoms with E-state index in [1.807, 2.05) is 6.07 Å². The zero-order valence-corrected chi connectivity index (χ0v) is 8.23. The van der Waals surface area contributed by atoms with Crippen molar-refractivity contribution in [3.8, 4) is 0 Å². The van der Waals surface area contributed by atoms with Crippen molar-refractivity contribution in [2.45, 2.75) is 0 Å². The number of benzene rings is 1. The van der Waals surface area contributed by atoms with Crippen LogP contribution in [0.3, 0.4) is 0 Å². The van der Waals surface area contributed by atoms with E-state index < -0.39 is 0 Å². The molecule has 0 aliphatic rings. The average molecular weight is 202 g/mol. The van der Waals surface area contributed by atoms with E-state index in [1.165, 1.54) is 7.11 Å². The summed E-state index contributed by atoms with van der Waals surface area (Å²) in [5, 5.41) is 0.712. The largest absolute Gasteiger partial charge is 0.465 e. The Morgan fingerprint density at radius 2 is 2.27 bits per heavy atom. The van der Waals surface area contributed by atoms with Crippen LogP contribution in [0.2, 0.25) is 0 Å². The molecule has 0 unspecified atom stereocenters. The summed E-state index contributed by atoms with van der Waals surface area (Å²) in [5.74, 6) is -0.381. The molecule has 76 valence electrons. The lowest BCUT2D eigenvalue weighted by atomic mass is 10.1. The van der Waals surface area contributed by atoms with Gasteiger partial charge < -0.3 is 10.5 Å². The number of pyridine rings is 1. The molecule has 1 aromatic carbocycles. The molecule has 4 heteroatoms. The van der Waals surface area contributed by atoms with Crippen molar-refractivity contribution in [2.75, 3.05) is 12.8 Å². The molecule has 0 bridgehead atoms. The molecular weight excluding hydrogens is 192 g/mol. The minimum atomic E-state index is -0.381. The fourth-order valence-corrected chi connectivity index (χ4v) is 1.45. The van der Waals surface area contributed by atoms with Crippen LogP contribution in [0, 0.1) is 0 Å². The van der Waals surface area contributed by atoms with E-state index >= 15 is 0 Å². The molecule has 0 saturated heterocycles.